The number of benzene rings is 2. The summed E-state index contributed by atoms with van der Waals surface area (Å²) in [5, 5.41) is 4.88. The van der Waals surface area contributed by atoms with Gasteiger partial charge in [-0.05, 0) is 42.5 Å². The second kappa shape index (κ2) is 6.83. The summed E-state index contributed by atoms with van der Waals surface area (Å²) in [5.41, 5.74) is 2.37. The number of alkyl halides is 3. The summed E-state index contributed by atoms with van der Waals surface area (Å²) in [5.74, 6) is 0.297. The minimum Gasteiger partial charge on any atom is -0.472 e. The van der Waals surface area contributed by atoms with E-state index in [1.807, 2.05) is 0 Å². The molecule has 28 heavy (non-hydrogen) atoms. The first-order valence-electron chi connectivity index (χ1n) is 8.17. The molecule has 10 heteroatoms. The Balaban J connectivity index is 1.68. The van der Waals surface area contributed by atoms with E-state index < -0.39 is 11.7 Å². The molecule has 1 aromatic heterocycles. The fraction of sp³-hybridized carbons (Fsp3) is 0.167. The van der Waals surface area contributed by atoms with Gasteiger partial charge in [-0.3, -0.25) is 14.8 Å². The van der Waals surface area contributed by atoms with Crippen molar-refractivity contribution in [3.05, 3.63) is 69.2 Å². The molecule has 0 radical (unpaired) electrons. The van der Waals surface area contributed by atoms with Crippen molar-refractivity contribution in [2.75, 3.05) is 12.0 Å². The topological polar surface area (TPSA) is 68.5 Å². The summed E-state index contributed by atoms with van der Waals surface area (Å²) in [7, 11) is 0. The molecule has 0 aliphatic carbocycles. The van der Waals surface area contributed by atoms with Crippen molar-refractivity contribution in [3.8, 4) is 0 Å². The number of hydrogen-bond acceptors (Lipinski definition) is 5. The van der Waals surface area contributed by atoms with Crippen LogP contribution in [0.4, 0.5) is 18.9 Å². The Kier molecular flexibility index (Phi) is 4.46. The highest BCUT2D eigenvalue weighted by Gasteiger charge is 2.30. The third-order valence-corrected chi connectivity index (χ3v) is 4.40. The van der Waals surface area contributed by atoms with Gasteiger partial charge in [0.25, 0.3) is 11.5 Å². The number of aromatic nitrogens is 2. The summed E-state index contributed by atoms with van der Waals surface area (Å²) in [6.45, 7) is 0.497. The number of anilines is 1. The number of hydrazone groups is 1. The summed E-state index contributed by atoms with van der Waals surface area (Å²) in [6.07, 6.45) is -4.41. The Morgan fingerprint density at radius 3 is 2.64 bits per heavy atom. The highest BCUT2D eigenvalue weighted by molar-refractivity contribution is 6.31. The van der Waals surface area contributed by atoms with Crippen molar-refractivity contribution in [3.63, 3.8) is 0 Å². The Morgan fingerprint density at radius 2 is 1.93 bits per heavy atom. The van der Waals surface area contributed by atoms with Gasteiger partial charge in [0, 0.05) is 5.02 Å². The Labute approximate surface area is 161 Å². The largest absolute Gasteiger partial charge is 0.472 e. The molecule has 0 spiro atoms. The number of halogens is 4. The summed E-state index contributed by atoms with van der Waals surface area (Å²) >= 11 is 5.95. The zero-order valence-electron chi connectivity index (χ0n) is 14.1. The highest BCUT2D eigenvalue weighted by Crippen LogP contribution is 2.29. The van der Waals surface area contributed by atoms with E-state index in [-0.39, 0.29) is 23.9 Å². The third-order valence-electron chi connectivity index (χ3n) is 4.16. The smallest absolute Gasteiger partial charge is 0.416 e. The molecule has 4 rings (SSSR count). The third kappa shape index (κ3) is 3.40. The molecule has 6 nitrogen and oxygen atoms in total. The first-order valence-corrected chi connectivity index (χ1v) is 8.55. The van der Waals surface area contributed by atoms with Crippen LogP contribution in [0.2, 0.25) is 5.02 Å². The standard InChI is InChI=1S/C18H12ClF3N4O2/c19-11-3-6-14-13(9-11)17(27)26-7-8-28-16(15(26)23-14)25-24-12-4-1-10(2-5-12)18(20,21)22/h1-6,9,24H,7-8H2/b25-16+. The average Bonchev–Trinajstić information content (AvgIpc) is 2.67. The van der Waals surface area contributed by atoms with E-state index >= 15 is 0 Å². The van der Waals surface area contributed by atoms with E-state index in [0.717, 1.165) is 12.1 Å². The molecule has 1 aliphatic heterocycles. The molecule has 0 amide bonds. The van der Waals surface area contributed by atoms with Crippen LogP contribution in [-0.2, 0) is 17.5 Å². The van der Waals surface area contributed by atoms with Gasteiger partial charge in [0.1, 0.15) is 6.61 Å². The van der Waals surface area contributed by atoms with Gasteiger partial charge in [0.2, 0.25) is 5.82 Å². The lowest BCUT2D eigenvalue weighted by Gasteiger charge is -2.20. The van der Waals surface area contributed by atoms with E-state index in [2.05, 4.69) is 15.5 Å². The second-order valence-electron chi connectivity index (χ2n) is 6.01. The van der Waals surface area contributed by atoms with Gasteiger partial charge in [-0.2, -0.15) is 13.2 Å². The van der Waals surface area contributed by atoms with Gasteiger partial charge in [-0.1, -0.05) is 11.6 Å². The molecule has 144 valence electrons. The maximum absolute atomic E-state index is 12.7. The van der Waals surface area contributed by atoms with Crippen molar-refractivity contribution in [1.82, 2.24) is 9.55 Å². The van der Waals surface area contributed by atoms with Crippen LogP contribution in [0, 0.1) is 0 Å². The molecule has 0 saturated heterocycles. The molecule has 0 saturated carbocycles. The predicted octanol–water partition coefficient (Wildman–Crippen LogP) is 3.87. The van der Waals surface area contributed by atoms with Crippen molar-refractivity contribution in [1.29, 1.82) is 0 Å². The minimum atomic E-state index is -4.41. The molecule has 0 unspecified atom stereocenters. The first kappa shape index (κ1) is 18.3. The SMILES string of the molecule is O=c1c2cc(Cl)ccc2nc2n1CCO/C2=N/Nc1ccc(C(F)(F)F)cc1. The molecule has 0 fully saturated rings. The van der Waals surface area contributed by atoms with Crippen LogP contribution in [0.3, 0.4) is 0 Å². The first-order chi connectivity index (χ1) is 13.3. The van der Waals surface area contributed by atoms with Crippen LogP contribution >= 0.6 is 11.6 Å². The van der Waals surface area contributed by atoms with E-state index in [1.54, 1.807) is 18.2 Å². The summed E-state index contributed by atoms with van der Waals surface area (Å²) in [6, 6.07) is 9.17. The van der Waals surface area contributed by atoms with Gasteiger partial charge in [-0.15, -0.1) is 5.10 Å². The molecule has 1 aliphatic rings. The molecule has 0 bridgehead atoms. The average molecular weight is 409 g/mol. The van der Waals surface area contributed by atoms with Crippen LogP contribution in [0.1, 0.15) is 11.4 Å². The van der Waals surface area contributed by atoms with E-state index in [0.29, 0.717) is 28.2 Å². The monoisotopic (exact) mass is 408 g/mol. The normalized spacial score (nSPS) is 15.4. The Hall–Kier alpha value is -3.07. The Morgan fingerprint density at radius 1 is 1.18 bits per heavy atom. The molecular formula is C18H12ClF3N4O2. The van der Waals surface area contributed by atoms with Gasteiger partial charge in [0.15, 0.2) is 0 Å². The second-order valence-corrected chi connectivity index (χ2v) is 6.44. The quantitative estimate of drug-likeness (QED) is 0.653. The highest BCUT2D eigenvalue weighted by atomic mass is 35.5. The van der Waals surface area contributed by atoms with E-state index in [4.69, 9.17) is 16.3 Å². The van der Waals surface area contributed by atoms with E-state index in [9.17, 15) is 18.0 Å². The zero-order chi connectivity index (χ0) is 19.9. The maximum atomic E-state index is 12.7. The molecule has 0 atom stereocenters. The number of hydrogen-bond donors (Lipinski definition) is 1. The van der Waals surface area contributed by atoms with Crippen molar-refractivity contribution >= 4 is 34.1 Å². The lowest BCUT2D eigenvalue weighted by molar-refractivity contribution is -0.137. The molecule has 2 aromatic carbocycles. The number of ether oxygens (including phenoxy) is 1. The van der Waals surface area contributed by atoms with Gasteiger partial charge in [-0.25, -0.2) is 4.98 Å². The lowest BCUT2D eigenvalue weighted by Crippen LogP contribution is -2.35. The van der Waals surface area contributed by atoms with Gasteiger partial charge >= 0.3 is 6.18 Å². The van der Waals surface area contributed by atoms with Crippen molar-refractivity contribution < 1.29 is 17.9 Å². The predicted molar refractivity (Wildman–Crippen MR) is 98.6 cm³/mol. The molecule has 3 aromatic rings. The van der Waals surface area contributed by atoms with Crippen LogP contribution in [-0.4, -0.2) is 22.1 Å². The van der Waals surface area contributed by atoms with Crippen molar-refractivity contribution in [2.45, 2.75) is 12.7 Å². The number of fused-ring (bicyclic) bond motifs is 2. The minimum absolute atomic E-state index is 0.0695. The van der Waals surface area contributed by atoms with Crippen LogP contribution < -0.4 is 11.0 Å². The molecule has 2 heterocycles. The molecular weight excluding hydrogens is 397 g/mol. The Bertz CT molecular complexity index is 1140. The van der Waals surface area contributed by atoms with Crippen LogP contribution in [0.15, 0.2) is 52.4 Å². The summed E-state index contributed by atoms with van der Waals surface area (Å²) in [4.78, 5) is 17.1. The van der Waals surface area contributed by atoms with Crippen LogP contribution in [0.5, 0.6) is 0 Å². The molecule has 1 N–H and O–H groups in total. The van der Waals surface area contributed by atoms with E-state index in [1.165, 1.54) is 16.7 Å². The lowest BCUT2D eigenvalue weighted by atomic mass is 10.2. The number of nitrogens with zero attached hydrogens (tertiary/aromatic N) is 3. The fourth-order valence-corrected chi connectivity index (χ4v) is 2.97. The van der Waals surface area contributed by atoms with Gasteiger partial charge in [0.05, 0.1) is 28.7 Å². The van der Waals surface area contributed by atoms with Gasteiger partial charge < -0.3 is 4.74 Å². The fourth-order valence-electron chi connectivity index (χ4n) is 2.79. The maximum Gasteiger partial charge on any atom is 0.416 e. The summed E-state index contributed by atoms with van der Waals surface area (Å²) < 4.78 is 44.8. The zero-order valence-corrected chi connectivity index (χ0v) is 14.9. The number of nitrogens with one attached hydrogen (secondary N) is 1. The van der Waals surface area contributed by atoms with Crippen molar-refractivity contribution in [2.24, 2.45) is 5.10 Å². The number of rotatable bonds is 2. The van der Waals surface area contributed by atoms with Crippen LogP contribution in [0.25, 0.3) is 10.9 Å².